The molecule has 0 aromatic carbocycles. The van der Waals surface area contributed by atoms with Crippen LogP contribution < -0.4 is 16.6 Å². The van der Waals surface area contributed by atoms with Gasteiger partial charge in [0.2, 0.25) is 0 Å². The maximum atomic E-state index is 12.5. The van der Waals surface area contributed by atoms with Crippen molar-refractivity contribution in [2.24, 2.45) is 17.7 Å². The molecule has 0 aliphatic heterocycles. The molecule has 3 atom stereocenters. The number of amides is 1. The molecule has 5 heteroatoms. The molecule has 1 saturated carbocycles. The number of hydrazine groups is 1. The Morgan fingerprint density at radius 2 is 2.14 bits per heavy atom. The van der Waals surface area contributed by atoms with Crippen molar-refractivity contribution in [1.82, 2.24) is 10.3 Å². The number of nitrogens with zero attached hydrogens (tertiary/aromatic N) is 1. The normalized spacial score (nSPS) is 24.9. The number of carbonyl (C=O) groups is 1. The van der Waals surface area contributed by atoms with E-state index in [1.54, 1.807) is 6.07 Å². The highest BCUT2D eigenvalue weighted by atomic mass is 16.1. The summed E-state index contributed by atoms with van der Waals surface area (Å²) in [6.45, 7) is 6.55. The standard InChI is InChI=1S/C16H26N4O/c1-4-5-13-8-12(9-15(18-13)20-17)16(21)19-14-7-6-10(2)11(14)3/h8-11,14H,4-7,17H2,1-3H3,(H,18,20)(H,19,21). The molecule has 116 valence electrons. The third-order valence-electron chi connectivity index (χ3n) is 4.58. The lowest BCUT2D eigenvalue weighted by molar-refractivity contribution is 0.0927. The Kier molecular flexibility index (Phi) is 5.17. The minimum absolute atomic E-state index is 0.0304. The quantitative estimate of drug-likeness (QED) is 0.575. The van der Waals surface area contributed by atoms with Crippen LogP contribution in [0.5, 0.6) is 0 Å². The number of hydrogen-bond donors (Lipinski definition) is 3. The second kappa shape index (κ2) is 6.89. The van der Waals surface area contributed by atoms with Crippen LogP contribution in [-0.2, 0) is 6.42 Å². The van der Waals surface area contributed by atoms with Gasteiger partial charge in [-0.15, -0.1) is 0 Å². The van der Waals surface area contributed by atoms with Gasteiger partial charge in [-0.25, -0.2) is 10.8 Å². The summed E-state index contributed by atoms with van der Waals surface area (Å²) in [7, 11) is 0. The van der Waals surface area contributed by atoms with Crippen molar-refractivity contribution in [3.63, 3.8) is 0 Å². The number of nitrogens with one attached hydrogen (secondary N) is 2. The van der Waals surface area contributed by atoms with Crippen LogP contribution >= 0.6 is 0 Å². The lowest BCUT2D eigenvalue weighted by Crippen LogP contribution is -2.37. The maximum absolute atomic E-state index is 12.5. The molecular weight excluding hydrogens is 264 g/mol. The molecule has 3 unspecified atom stereocenters. The van der Waals surface area contributed by atoms with E-state index in [0.29, 0.717) is 23.2 Å². The van der Waals surface area contributed by atoms with Crippen molar-refractivity contribution in [3.05, 3.63) is 23.4 Å². The zero-order valence-corrected chi connectivity index (χ0v) is 13.1. The summed E-state index contributed by atoms with van der Waals surface area (Å²) in [4.78, 5) is 16.8. The number of nitrogens with two attached hydrogens (primary N) is 1. The lowest BCUT2D eigenvalue weighted by Gasteiger charge is -2.20. The van der Waals surface area contributed by atoms with Crippen molar-refractivity contribution in [2.75, 3.05) is 5.43 Å². The molecular formula is C16H26N4O. The molecule has 1 aliphatic rings. The topological polar surface area (TPSA) is 80.0 Å². The Balaban J connectivity index is 2.13. The second-order valence-corrected chi connectivity index (χ2v) is 6.12. The lowest BCUT2D eigenvalue weighted by atomic mass is 9.97. The van der Waals surface area contributed by atoms with Crippen LogP contribution in [0.25, 0.3) is 0 Å². The molecule has 1 amide bonds. The molecule has 1 aromatic heterocycles. The van der Waals surface area contributed by atoms with Crippen LogP contribution in [0.2, 0.25) is 0 Å². The van der Waals surface area contributed by atoms with E-state index in [9.17, 15) is 4.79 Å². The first-order chi connectivity index (χ1) is 10.0. The SMILES string of the molecule is CCCc1cc(C(=O)NC2CCC(C)C2C)cc(NN)n1. The van der Waals surface area contributed by atoms with Crippen LogP contribution in [-0.4, -0.2) is 16.9 Å². The molecule has 5 nitrogen and oxygen atoms in total. The van der Waals surface area contributed by atoms with Crippen LogP contribution in [0, 0.1) is 11.8 Å². The summed E-state index contributed by atoms with van der Waals surface area (Å²) < 4.78 is 0. The zero-order chi connectivity index (χ0) is 15.4. The molecule has 1 aromatic rings. The number of hydrogen-bond acceptors (Lipinski definition) is 4. The van der Waals surface area contributed by atoms with Crippen molar-refractivity contribution in [1.29, 1.82) is 0 Å². The summed E-state index contributed by atoms with van der Waals surface area (Å²) >= 11 is 0. The van der Waals surface area contributed by atoms with Crippen molar-refractivity contribution >= 4 is 11.7 Å². The highest BCUT2D eigenvalue weighted by Gasteiger charge is 2.31. The molecule has 21 heavy (non-hydrogen) atoms. The van der Waals surface area contributed by atoms with E-state index < -0.39 is 0 Å². The Morgan fingerprint density at radius 1 is 1.38 bits per heavy atom. The summed E-state index contributed by atoms with van der Waals surface area (Å²) in [5.41, 5.74) is 4.07. The van der Waals surface area contributed by atoms with E-state index >= 15 is 0 Å². The van der Waals surface area contributed by atoms with E-state index in [-0.39, 0.29) is 11.9 Å². The van der Waals surface area contributed by atoms with Gasteiger partial charge in [0.1, 0.15) is 5.82 Å². The molecule has 1 heterocycles. The Bertz CT molecular complexity index is 503. The van der Waals surface area contributed by atoms with Gasteiger partial charge in [-0.05, 0) is 43.2 Å². The predicted molar refractivity (Wildman–Crippen MR) is 84.9 cm³/mol. The van der Waals surface area contributed by atoms with Crippen LogP contribution in [0.3, 0.4) is 0 Å². The van der Waals surface area contributed by atoms with Gasteiger partial charge in [-0.1, -0.05) is 27.2 Å². The Morgan fingerprint density at radius 3 is 2.71 bits per heavy atom. The average molecular weight is 290 g/mol. The molecule has 1 fully saturated rings. The Hall–Kier alpha value is -1.62. The number of aromatic nitrogens is 1. The molecule has 0 spiro atoms. The number of carbonyl (C=O) groups excluding carboxylic acids is 1. The van der Waals surface area contributed by atoms with Crippen molar-refractivity contribution in [2.45, 2.75) is 52.5 Å². The van der Waals surface area contributed by atoms with Gasteiger partial charge in [0.25, 0.3) is 5.91 Å². The van der Waals surface area contributed by atoms with Gasteiger partial charge in [0.05, 0.1) is 0 Å². The Labute approximate surface area is 126 Å². The molecule has 2 rings (SSSR count). The smallest absolute Gasteiger partial charge is 0.251 e. The maximum Gasteiger partial charge on any atom is 0.251 e. The first-order valence-corrected chi connectivity index (χ1v) is 7.83. The van der Waals surface area contributed by atoms with Gasteiger partial charge in [0, 0.05) is 17.3 Å². The molecule has 0 saturated heterocycles. The number of aryl methyl sites for hydroxylation is 1. The zero-order valence-electron chi connectivity index (χ0n) is 13.1. The third kappa shape index (κ3) is 3.73. The third-order valence-corrected chi connectivity index (χ3v) is 4.58. The van der Waals surface area contributed by atoms with Gasteiger partial charge < -0.3 is 10.7 Å². The van der Waals surface area contributed by atoms with E-state index in [0.717, 1.165) is 25.0 Å². The number of anilines is 1. The second-order valence-electron chi connectivity index (χ2n) is 6.12. The van der Waals surface area contributed by atoms with E-state index in [1.165, 1.54) is 6.42 Å². The fraction of sp³-hybridized carbons (Fsp3) is 0.625. The highest BCUT2D eigenvalue weighted by Crippen LogP contribution is 2.31. The largest absolute Gasteiger partial charge is 0.349 e. The van der Waals surface area contributed by atoms with Gasteiger partial charge in [-0.3, -0.25) is 4.79 Å². The van der Waals surface area contributed by atoms with E-state index in [2.05, 4.69) is 36.5 Å². The monoisotopic (exact) mass is 290 g/mol. The van der Waals surface area contributed by atoms with Crippen LogP contribution in [0.4, 0.5) is 5.82 Å². The van der Waals surface area contributed by atoms with Gasteiger partial charge >= 0.3 is 0 Å². The van der Waals surface area contributed by atoms with E-state index in [4.69, 9.17) is 5.84 Å². The van der Waals surface area contributed by atoms with Gasteiger partial charge in [-0.2, -0.15) is 0 Å². The minimum atomic E-state index is -0.0304. The fourth-order valence-electron chi connectivity index (χ4n) is 3.00. The van der Waals surface area contributed by atoms with Crippen LogP contribution in [0.1, 0.15) is 56.1 Å². The van der Waals surface area contributed by atoms with Crippen molar-refractivity contribution < 1.29 is 4.79 Å². The number of nitrogen functional groups attached to an aromatic ring is 1. The van der Waals surface area contributed by atoms with Crippen LogP contribution in [0.15, 0.2) is 12.1 Å². The molecule has 1 aliphatic carbocycles. The number of rotatable bonds is 5. The predicted octanol–water partition coefficient (Wildman–Crippen LogP) is 2.48. The highest BCUT2D eigenvalue weighted by molar-refractivity contribution is 5.95. The van der Waals surface area contributed by atoms with Gasteiger partial charge in [0.15, 0.2) is 0 Å². The summed E-state index contributed by atoms with van der Waals surface area (Å²) in [5.74, 6) is 7.15. The minimum Gasteiger partial charge on any atom is -0.349 e. The first kappa shape index (κ1) is 15.8. The van der Waals surface area contributed by atoms with Crippen molar-refractivity contribution in [3.8, 4) is 0 Å². The summed E-state index contributed by atoms with van der Waals surface area (Å²) in [5, 5.41) is 3.16. The first-order valence-electron chi connectivity index (χ1n) is 7.83. The average Bonchev–Trinajstić information content (AvgIpc) is 2.79. The molecule has 0 bridgehead atoms. The molecule has 0 radical (unpaired) electrons. The fourth-order valence-corrected chi connectivity index (χ4v) is 3.00. The summed E-state index contributed by atoms with van der Waals surface area (Å²) in [6, 6.07) is 3.84. The molecule has 4 N–H and O–H groups in total. The van der Waals surface area contributed by atoms with E-state index in [1.807, 2.05) is 6.07 Å². The number of pyridine rings is 1. The summed E-state index contributed by atoms with van der Waals surface area (Å²) in [6.07, 6.45) is 4.06.